The van der Waals surface area contributed by atoms with Crippen molar-refractivity contribution in [1.82, 2.24) is 15.0 Å². The lowest BCUT2D eigenvalue weighted by molar-refractivity contribution is -0.137. The fraction of sp³-hybridized carbons (Fsp3) is 0.467. The van der Waals surface area contributed by atoms with Crippen LogP contribution in [0.3, 0.4) is 0 Å². The smallest absolute Gasteiger partial charge is 0.376 e. The van der Waals surface area contributed by atoms with Gasteiger partial charge in [-0.3, -0.25) is 4.90 Å². The molecule has 8 heteroatoms. The first kappa shape index (κ1) is 15.9. The molecule has 1 aromatic carbocycles. The molecule has 5 nitrogen and oxygen atoms in total. The summed E-state index contributed by atoms with van der Waals surface area (Å²) in [7, 11) is 0. The molecule has 0 N–H and O–H groups in total. The highest BCUT2D eigenvalue weighted by molar-refractivity contribution is 5.55. The van der Waals surface area contributed by atoms with Crippen molar-refractivity contribution in [2.75, 3.05) is 19.7 Å². The van der Waals surface area contributed by atoms with Gasteiger partial charge < -0.3 is 9.26 Å². The Morgan fingerprint density at radius 1 is 1.35 bits per heavy atom. The number of hydrogen-bond donors (Lipinski definition) is 0. The zero-order valence-electron chi connectivity index (χ0n) is 12.5. The van der Waals surface area contributed by atoms with Crippen LogP contribution in [0.15, 0.2) is 28.8 Å². The molecule has 0 saturated carbocycles. The first-order chi connectivity index (χ1) is 10.9. The molecule has 0 radical (unpaired) electrons. The molecule has 1 atom stereocenters. The van der Waals surface area contributed by atoms with Gasteiger partial charge in [-0.05, 0) is 19.1 Å². The Morgan fingerprint density at radius 3 is 2.91 bits per heavy atom. The Bertz CT molecular complexity index is 672. The van der Waals surface area contributed by atoms with Gasteiger partial charge in [-0.15, -0.1) is 0 Å². The molecule has 23 heavy (non-hydrogen) atoms. The van der Waals surface area contributed by atoms with Gasteiger partial charge >= 0.3 is 6.18 Å². The molecular formula is C15H16F3N3O2. The molecule has 0 aliphatic carbocycles. The molecule has 2 aromatic rings. The lowest BCUT2D eigenvalue weighted by Crippen LogP contribution is -2.40. The molecule has 3 rings (SSSR count). The molecule has 0 unspecified atom stereocenters. The standard InChI is InChI=1S/C15H16F3N3O2/c1-10-8-21(5-6-22-10)9-13-19-14(20-23-13)11-3-2-4-12(7-11)15(16,17)18/h2-4,7,10H,5-6,8-9H2,1H3/t10-/m0/s1. The summed E-state index contributed by atoms with van der Waals surface area (Å²) in [5.74, 6) is 0.541. The minimum Gasteiger partial charge on any atom is -0.376 e. The average molecular weight is 327 g/mol. The van der Waals surface area contributed by atoms with Gasteiger partial charge in [0.05, 0.1) is 24.8 Å². The first-order valence-corrected chi connectivity index (χ1v) is 7.26. The van der Waals surface area contributed by atoms with Gasteiger partial charge in [-0.25, -0.2) is 0 Å². The van der Waals surface area contributed by atoms with Gasteiger partial charge in [0.2, 0.25) is 11.7 Å². The van der Waals surface area contributed by atoms with E-state index in [2.05, 4.69) is 15.0 Å². The van der Waals surface area contributed by atoms with Crippen molar-refractivity contribution in [2.24, 2.45) is 0 Å². The van der Waals surface area contributed by atoms with Crippen LogP contribution in [0, 0.1) is 0 Å². The Kier molecular flexibility index (Phi) is 4.36. The second-order valence-corrected chi connectivity index (χ2v) is 5.51. The number of morpholine rings is 1. The highest BCUT2D eigenvalue weighted by atomic mass is 19.4. The molecule has 0 amide bonds. The fourth-order valence-corrected chi connectivity index (χ4v) is 2.50. The maximum absolute atomic E-state index is 12.8. The van der Waals surface area contributed by atoms with E-state index in [0.29, 0.717) is 19.0 Å². The molecule has 1 aromatic heterocycles. The maximum Gasteiger partial charge on any atom is 0.416 e. The van der Waals surface area contributed by atoms with Crippen molar-refractivity contribution < 1.29 is 22.4 Å². The normalized spacial score (nSPS) is 19.9. The van der Waals surface area contributed by atoms with E-state index < -0.39 is 11.7 Å². The van der Waals surface area contributed by atoms with Crippen molar-refractivity contribution in [3.05, 3.63) is 35.7 Å². The molecule has 2 heterocycles. The molecule has 124 valence electrons. The molecule has 0 bridgehead atoms. The third-order valence-corrected chi connectivity index (χ3v) is 3.60. The maximum atomic E-state index is 12.8. The quantitative estimate of drug-likeness (QED) is 0.867. The number of hydrogen-bond acceptors (Lipinski definition) is 5. The Morgan fingerprint density at radius 2 is 2.17 bits per heavy atom. The van der Waals surface area contributed by atoms with Crippen molar-refractivity contribution in [2.45, 2.75) is 25.7 Å². The number of halogens is 3. The molecular weight excluding hydrogens is 311 g/mol. The summed E-state index contributed by atoms with van der Waals surface area (Å²) in [6.07, 6.45) is -4.26. The van der Waals surface area contributed by atoms with Crippen LogP contribution in [0.1, 0.15) is 18.4 Å². The Labute approximate surface area is 131 Å². The van der Waals surface area contributed by atoms with Crippen LogP contribution in [0.2, 0.25) is 0 Å². The van der Waals surface area contributed by atoms with Crippen LogP contribution in [-0.4, -0.2) is 40.8 Å². The summed E-state index contributed by atoms with van der Waals surface area (Å²) in [6, 6.07) is 4.89. The monoisotopic (exact) mass is 327 g/mol. The lowest BCUT2D eigenvalue weighted by atomic mass is 10.1. The van der Waals surface area contributed by atoms with Gasteiger partial charge in [-0.2, -0.15) is 18.2 Å². The van der Waals surface area contributed by atoms with Crippen molar-refractivity contribution in [3.63, 3.8) is 0 Å². The Hall–Kier alpha value is -1.93. The van der Waals surface area contributed by atoms with Gasteiger partial charge in [0.15, 0.2) is 0 Å². The third-order valence-electron chi connectivity index (χ3n) is 3.60. The molecule has 1 aliphatic rings. The fourth-order valence-electron chi connectivity index (χ4n) is 2.50. The predicted molar refractivity (Wildman–Crippen MR) is 75.4 cm³/mol. The zero-order chi connectivity index (χ0) is 16.4. The summed E-state index contributed by atoms with van der Waals surface area (Å²) in [5.41, 5.74) is -0.450. The third kappa shape index (κ3) is 3.89. The molecule has 0 spiro atoms. The van der Waals surface area contributed by atoms with E-state index in [1.54, 1.807) is 0 Å². The number of alkyl halides is 3. The van der Waals surface area contributed by atoms with Crippen LogP contribution in [0.5, 0.6) is 0 Å². The van der Waals surface area contributed by atoms with Crippen LogP contribution >= 0.6 is 0 Å². The van der Waals surface area contributed by atoms with Crippen molar-refractivity contribution in [3.8, 4) is 11.4 Å². The summed E-state index contributed by atoms with van der Waals surface area (Å²) in [6.45, 7) is 4.58. The summed E-state index contributed by atoms with van der Waals surface area (Å²) in [4.78, 5) is 6.30. The number of aromatic nitrogens is 2. The van der Waals surface area contributed by atoms with E-state index in [-0.39, 0.29) is 17.5 Å². The molecule has 1 aliphatic heterocycles. The largest absolute Gasteiger partial charge is 0.416 e. The van der Waals surface area contributed by atoms with E-state index in [1.165, 1.54) is 12.1 Å². The molecule has 1 saturated heterocycles. The average Bonchev–Trinajstić information content (AvgIpc) is 2.95. The molecule has 1 fully saturated rings. The van der Waals surface area contributed by atoms with Crippen LogP contribution < -0.4 is 0 Å². The SMILES string of the molecule is C[C@H]1CN(Cc2nc(-c3cccc(C(F)(F)F)c3)no2)CCO1. The minimum absolute atomic E-state index is 0.134. The van der Waals surface area contributed by atoms with E-state index in [0.717, 1.165) is 25.2 Å². The lowest BCUT2D eigenvalue weighted by Gasteiger charge is -2.29. The number of benzene rings is 1. The van der Waals surface area contributed by atoms with Gasteiger partial charge in [-0.1, -0.05) is 17.3 Å². The highest BCUT2D eigenvalue weighted by Crippen LogP contribution is 2.31. The van der Waals surface area contributed by atoms with Gasteiger partial charge in [0.1, 0.15) is 0 Å². The second kappa shape index (κ2) is 6.29. The number of ether oxygens (including phenoxy) is 1. The van der Waals surface area contributed by atoms with Crippen LogP contribution in [0.25, 0.3) is 11.4 Å². The minimum atomic E-state index is -4.40. The Balaban J connectivity index is 1.74. The number of nitrogens with zero attached hydrogens (tertiary/aromatic N) is 3. The van der Waals surface area contributed by atoms with E-state index >= 15 is 0 Å². The van der Waals surface area contributed by atoms with Crippen molar-refractivity contribution >= 4 is 0 Å². The highest BCUT2D eigenvalue weighted by Gasteiger charge is 2.30. The van der Waals surface area contributed by atoms with Crippen LogP contribution in [0.4, 0.5) is 13.2 Å². The van der Waals surface area contributed by atoms with Crippen LogP contribution in [-0.2, 0) is 17.5 Å². The van der Waals surface area contributed by atoms with E-state index in [1.807, 2.05) is 6.92 Å². The summed E-state index contributed by atoms with van der Waals surface area (Å²) >= 11 is 0. The van der Waals surface area contributed by atoms with Gasteiger partial charge in [0.25, 0.3) is 0 Å². The predicted octanol–water partition coefficient (Wildman–Crippen LogP) is 2.98. The van der Waals surface area contributed by atoms with Gasteiger partial charge in [0, 0.05) is 18.7 Å². The summed E-state index contributed by atoms with van der Waals surface area (Å²) in [5, 5.41) is 3.78. The topological polar surface area (TPSA) is 51.4 Å². The number of rotatable bonds is 3. The first-order valence-electron chi connectivity index (χ1n) is 7.26. The second-order valence-electron chi connectivity index (χ2n) is 5.51. The van der Waals surface area contributed by atoms with Crippen molar-refractivity contribution in [1.29, 1.82) is 0 Å². The van der Waals surface area contributed by atoms with E-state index in [4.69, 9.17) is 9.26 Å². The zero-order valence-corrected chi connectivity index (χ0v) is 12.5. The summed E-state index contributed by atoms with van der Waals surface area (Å²) < 4.78 is 48.9. The van der Waals surface area contributed by atoms with E-state index in [9.17, 15) is 13.2 Å².